The molecule has 132 valence electrons. The molecule has 0 amide bonds. The Morgan fingerprint density at radius 1 is 0.920 bits per heavy atom. The molecule has 1 aliphatic carbocycles. The molecule has 0 bridgehead atoms. The van der Waals surface area contributed by atoms with Crippen molar-refractivity contribution in [2.45, 2.75) is 51.9 Å². The Bertz CT molecular complexity index is 732. The van der Waals surface area contributed by atoms with Gasteiger partial charge in [0.2, 0.25) is 0 Å². The zero-order chi connectivity index (χ0) is 17.9. The van der Waals surface area contributed by atoms with Gasteiger partial charge in [-0.1, -0.05) is 82.1 Å². The summed E-state index contributed by atoms with van der Waals surface area (Å²) in [6.45, 7) is 6.47. The van der Waals surface area contributed by atoms with Crippen molar-refractivity contribution in [3.63, 3.8) is 0 Å². The fraction of sp³-hybridized carbons (Fsp3) is 0.391. The summed E-state index contributed by atoms with van der Waals surface area (Å²) in [4.78, 5) is 0. The maximum atomic E-state index is 10.9. The number of aliphatic hydroxyl groups is 1. The zero-order valence-electron chi connectivity index (χ0n) is 15.5. The van der Waals surface area contributed by atoms with E-state index in [1.807, 2.05) is 36.4 Å². The first-order valence-corrected chi connectivity index (χ1v) is 9.23. The summed E-state index contributed by atoms with van der Waals surface area (Å²) >= 11 is 0. The Morgan fingerprint density at radius 3 is 2.16 bits per heavy atom. The number of benzene rings is 2. The molecule has 1 fully saturated rings. The summed E-state index contributed by atoms with van der Waals surface area (Å²) in [6.07, 6.45) is 4.65. The lowest BCUT2D eigenvalue weighted by atomic mass is 9.86. The van der Waals surface area contributed by atoms with Crippen LogP contribution in [0, 0.1) is 5.92 Å². The number of para-hydroxylation sites is 1. The van der Waals surface area contributed by atoms with E-state index in [1.54, 1.807) is 0 Å². The van der Waals surface area contributed by atoms with Crippen molar-refractivity contribution in [1.29, 1.82) is 0 Å². The van der Waals surface area contributed by atoms with E-state index in [2.05, 4.69) is 39.0 Å². The Balaban J connectivity index is 2.01. The highest BCUT2D eigenvalue weighted by Crippen LogP contribution is 2.39. The molecular weight excluding hydrogens is 308 g/mol. The topological polar surface area (TPSA) is 29.5 Å². The van der Waals surface area contributed by atoms with E-state index in [0.717, 1.165) is 35.3 Å². The van der Waals surface area contributed by atoms with Crippen LogP contribution >= 0.6 is 0 Å². The van der Waals surface area contributed by atoms with Crippen LogP contribution in [0.15, 0.2) is 60.5 Å². The molecule has 3 rings (SSSR count). The van der Waals surface area contributed by atoms with Crippen LogP contribution in [0.1, 0.15) is 57.6 Å². The van der Waals surface area contributed by atoms with Crippen molar-refractivity contribution in [3.05, 3.63) is 71.7 Å². The third kappa shape index (κ3) is 4.07. The normalized spacial score (nSPS) is 16.6. The molecule has 2 heteroatoms. The van der Waals surface area contributed by atoms with Crippen molar-refractivity contribution in [2.24, 2.45) is 5.92 Å². The van der Waals surface area contributed by atoms with Crippen molar-refractivity contribution in [2.75, 3.05) is 0 Å². The first-order chi connectivity index (χ1) is 12.0. The highest BCUT2D eigenvalue weighted by Gasteiger charge is 2.26. The molecule has 25 heavy (non-hydrogen) atoms. The molecule has 0 saturated heterocycles. The predicted molar refractivity (Wildman–Crippen MR) is 104 cm³/mol. The fourth-order valence-electron chi connectivity index (χ4n) is 3.70. The van der Waals surface area contributed by atoms with Gasteiger partial charge in [0.1, 0.15) is 5.75 Å². The van der Waals surface area contributed by atoms with Gasteiger partial charge < -0.3 is 9.84 Å². The minimum Gasteiger partial charge on any atom is -0.480 e. The van der Waals surface area contributed by atoms with Gasteiger partial charge in [-0.15, -0.1) is 0 Å². The lowest BCUT2D eigenvalue weighted by molar-refractivity contribution is 0.205. The predicted octanol–water partition coefficient (Wildman–Crippen LogP) is 6.48. The highest BCUT2D eigenvalue weighted by molar-refractivity contribution is 5.68. The third-order valence-electron chi connectivity index (χ3n) is 4.98. The lowest BCUT2D eigenvalue weighted by Gasteiger charge is -2.23. The second-order valence-corrected chi connectivity index (χ2v) is 7.91. The molecule has 1 aliphatic rings. The second-order valence-electron chi connectivity index (χ2n) is 7.91. The number of rotatable bonds is 4. The van der Waals surface area contributed by atoms with E-state index in [0.29, 0.717) is 5.92 Å². The van der Waals surface area contributed by atoms with Crippen LogP contribution in [-0.2, 0) is 5.41 Å². The maximum absolute atomic E-state index is 10.9. The van der Waals surface area contributed by atoms with Gasteiger partial charge in [0.25, 0.3) is 5.95 Å². The van der Waals surface area contributed by atoms with Crippen LogP contribution in [0.5, 0.6) is 5.75 Å². The molecule has 0 radical (unpaired) electrons. The average Bonchev–Trinajstić information content (AvgIpc) is 3.09. The molecule has 0 aromatic heterocycles. The van der Waals surface area contributed by atoms with Crippen molar-refractivity contribution in [3.8, 4) is 5.75 Å². The zero-order valence-corrected chi connectivity index (χ0v) is 15.5. The molecule has 1 saturated carbocycles. The van der Waals surface area contributed by atoms with Gasteiger partial charge in [-0.05, 0) is 35.8 Å². The van der Waals surface area contributed by atoms with Gasteiger partial charge in [-0.3, -0.25) is 0 Å². The van der Waals surface area contributed by atoms with Gasteiger partial charge >= 0.3 is 0 Å². The molecule has 2 aromatic carbocycles. The summed E-state index contributed by atoms with van der Waals surface area (Å²) in [6, 6.07) is 18.1. The van der Waals surface area contributed by atoms with Gasteiger partial charge in [0.15, 0.2) is 0 Å². The number of aliphatic hydroxyl groups excluding tert-OH is 1. The standard InChI is InChI=1S/C23H28O2/c1-23(2,3)19-15-9-10-16-20(19)25-22(24)21(18-13-7-8-14-18)17-11-5-4-6-12-17/h4-6,9-12,15-16,18,24H,7-8,13-14H2,1-3H3/b22-21-. The van der Waals surface area contributed by atoms with Gasteiger partial charge in [-0.2, -0.15) is 0 Å². The molecule has 2 aromatic rings. The minimum atomic E-state index is -0.0445. The summed E-state index contributed by atoms with van der Waals surface area (Å²) in [5.74, 6) is 1.15. The lowest BCUT2D eigenvalue weighted by Crippen LogP contribution is -2.14. The SMILES string of the molecule is CC(C)(C)c1ccccc1O/C(O)=C(/c1ccccc1)C1CCCC1. The number of hydrogen-bond donors (Lipinski definition) is 1. The molecule has 0 atom stereocenters. The van der Waals surface area contributed by atoms with Gasteiger partial charge in [-0.25, -0.2) is 0 Å². The van der Waals surface area contributed by atoms with E-state index in [-0.39, 0.29) is 11.4 Å². The van der Waals surface area contributed by atoms with Crippen molar-refractivity contribution in [1.82, 2.24) is 0 Å². The summed E-state index contributed by atoms with van der Waals surface area (Å²) in [7, 11) is 0. The molecule has 0 aliphatic heterocycles. The number of allylic oxidation sites excluding steroid dienone is 1. The van der Waals surface area contributed by atoms with E-state index in [9.17, 15) is 5.11 Å². The summed E-state index contributed by atoms with van der Waals surface area (Å²) in [5.41, 5.74) is 3.05. The Labute approximate surface area is 151 Å². The molecule has 0 spiro atoms. The van der Waals surface area contributed by atoms with E-state index in [1.165, 1.54) is 12.8 Å². The average molecular weight is 336 g/mol. The molecule has 0 unspecified atom stereocenters. The molecule has 2 nitrogen and oxygen atoms in total. The first kappa shape index (κ1) is 17.6. The van der Waals surface area contributed by atoms with E-state index >= 15 is 0 Å². The van der Waals surface area contributed by atoms with E-state index in [4.69, 9.17) is 4.74 Å². The van der Waals surface area contributed by atoms with Crippen LogP contribution in [0.2, 0.25) is 0 Å². The second kappa shape index (κ2) is 7.35. The Kier molecular flexibility index (Phi) is 5.17. The van der Waals surface area contributed by atoms with Crippen LogP contribution in [0.25, 0.3) is 5.57 Å². The molecule has 1 N–H and O–H groups in total. The van der Waals surface area contributed by atoms with Crippen LogP contribution in [-0.4, -0.2) is 5.11 Å². The van der Waals surface area contributed by atoms with E-state index < -0.39 is 0 Å². The molecular formula is C23H28O2. The number of hydrogen-bond acceptors (Lipinski definition) is 2. The van der Waals surface area contributed by atoms with Crippen LogP contribution in [0.4, 0.5) is 0 Å². The summed E-state index contributed by atoms with van der Waals surface area (Å²) < 4.78 is 6.04. The van der Waals surface area contributed by atoms with Crippen LogP contribution < -0.4 is 4.74 Å². The number of ether oxygens (including phenoxy) is 1. The third-order valence-corrected chi connectivity index (χ3v) is 4.98. The van der Waals surface area contributed by atoms with Crippen molar-refractivity contribution >= 4 is 5.57 Å². The molecule has 0 heterocycles. The van der Waals surface area contributed by atoms with Crippen molar-refractivity contribution < 1.29 is 9.84 Å². The largest absolute Gasteiger partial charge is 0.480 e. The Morgan fingerprint density at radius 2 is 1.52 bits per heavy atom. The maximum Gasteiger partial charge on any atom is 0.286 e. The fourth-order valence-corrected chi connectivity index (χ4v) is 3.70. The van der Waals surface area contributed by atoms with Gasteiger partial charge in [0, 0.05) is 11.1 Å². The van der Waals surface area contributed by atoms with Crippen LogP contribution in [0.3, 0.4) is 0 Å². The smallest absolute Gasteiger partial charge is 0.286 e. The first-order valence-electron chi connectivity index (χ1n) is 9.23. The van der Waals surface area contributed by atoms with Gasteiger partial charge in [0.05, 0.1) is 0 Å². The quantitative estimate of drug-likeness (QED) is 0.647. The monoisotopic (exact) mass is 336 g/mol. The Hall–Kier alpha value is -2.22. The summed E-state index contributed by atoms with van der Waals surface area (Å²) in [5, 5.41) is 10.9. The minimum absolute atomic E-state index is 0.0445. The highest BCUT2D eigenvalue weighted by atomic mass is 16.6.